The second kappa shape index (κ2) is 4.89. The van der Waals surface area contributed by atoms with Crippen LogP contribution in [0.15, 0.2) is 54.7 Å². The van der Waals surface area contributed by atoms with Gasteiger partial charge in [-0.25, -0.2) is 8.78 Å². The van der Waals surface area contributed by atoms with E-state index >= 15 is 0 Å². The fourth-order valence-corrected chi connectivity index (χ4v) is 2.22. The number of Topliss-reactive ketones (excluding diaryl/α,β-unsaturated/α-hetero) is 1. The number of rotatable bonds is 3. The number of carbonyl (C=O) groups is 1. The minimum atomic E-state index is -0.435. The van der Waals surface area contributed by atoms with Gasteiger partial charge in [-0.3, -0.25) is 4.79 Å². The standard InChI is InChI=1S/C16H11F2NO/c17-13-3-1-2-12(9-13)16(20)10-19-7-6-11-8-14(18)4-5-15(11)19/h1-9H,10H2. The summed E-state index contributed by atoms with van der Waals surface area (Å²) in [4.78, 5) is 12.1. The molecule has 0 saturated carbocycles. The van der Waals surface area contributed by atoms with Gasteiger partial charge in [0.05, 0.1) is 6.54 Å². The summed E-state index contributed by atoms with van der Waals surface area (Å²) in [6.07, 6.45) is 1.72. The minimum Gasteiger partial charge on any atom is -0.340 e. The van der Waals surface area contributed by atoms with Crippen LogP contribution >= 0.6 is 0 Å². The fraction of sp³-hybridized carbons (Fsp3) is 0.0625. The van der Waals surface area contributed by atoms with Gasteiger partial charge < -0.3 is 4.57 Å². The van der Waals surface area contributed by atoms with Crippen molar-refractivity contribution in [2.45, 2.75) is 6.54 Å². The van der Waals surface area contributed by atoms with Crippen molar-refractivity contribution < 1.29 is 13.6 Å². The number of hydrogen-bond donors (Lipinski definition) is 0. The van der Waals surface area contributed by atoms with Crippen molar-refractivity contribution in [2.24, 2.45) is 0 Å². The highest BCUT2D eigenvalue weighted by Crippen LogP contribution is 2.18. The molecule has 1 heterocycles. The van der Waals surface area contributed by atoms with Crippen molar-refractivity contribution in [1.29, 1.82) is 0 Å². The molecule has 0 aliphatic carbocycles. The van der Waals surface area contributed by atoms with Gasteiger partial charge in [-0.15, -0.1) is 0 Å². The van der Waals surface area contributed by atoms with Gasteiger partial charge in [0.1, 0.15) is 11.6 Å². The van der Waals surface area contributed by atoms with Crippen LogP contribution in [0.25, 0.3) is 10.9 Å². The van der Waals surface area contributed by atoms with Crippen molar-refractivity contribution in [3.05, 3.63) is 71.9 Å². The normalized spacial score (nSPS) is 10.9. The number of fused-ring (bicyclic) bond motifs is 1. The quantitative estimate of drug-likeness (QED) is 0.664. The molecule has 4 heteroatoms. The maximum atomic E-state index is 13.1. The second-order valence-corrected chi connectivity index (χ2v) is 4.58. The van der Waals surface area contributed by atoms with Crippen molar-refractivity contribution in [3.63, 3.8) is 0 Å². The average Bonchev–Trinajstić information content (AvgIpc) is 2.81. The topological polar surface area (TPSA) is 22.0 Å². The third kappa shape index (κ3) is 2.32. The summed E-state index contributed by atoms with van der Waals surface area (Å²) in [5.74, 6) is -0.937. The van der Waals surface area contributed by atoms with Gasteiger partial charge in [-0.2, -0.15) is 0 Å². The van der Waals surface area contributed by atoms with E-state index in [0.717, 1.165) is 10.9 Å². The Kier molecular flexibility index (Phi) is 3.06. The Balaban J connectivity index is 1.91. The zero-order chi connectivity index (χ0) is 14.1. The highest BCUT2D eigenvalue weighted by molar-refractivity contribution is 5.96. The van der Waals surface area contributed by atoms with Crippen molar-refractivity contribution in [2.75, 3.05) is 0 Å². The van der Waals surface area contributed by atoms with E-state index in [-0.39, 0.29) is 18.1 Å². The molecule has 1 aromatic heterocycles. The first-order valence-electron chi connectivity index (χ1n) is 6.17. The summed E-state index contributed by atoms with van der Waals surface area (Å²) in [5, 5.41) is 0.733. The van der Waals surface area contributed by atoms with Crippen LogP contribution < -0.4 is 0 Å². The molecule has 0 radical (unpaired) electrons. The molecular formula is C16H11F2NO. The Morgan fingerprint density at radius 2 is 1.80 bits per heavy atom. The van der Waals surface area contributed by atoms with Gasteiger partial charge in [-0.1, -0.05) is 12.1 Å². The zero-order valence-corrected chi connectivity index (χ0v) is 10.5. The summed E-state index contributed by atoms with van der Waals surface area (Å²) >= 11 is 0. The number of carbonyl (C=O) groups excluding carboxylic acids is 1. The van der Waals surface area contributed by atoms with E-state index in [1.165, 1.54) is 30.3 Å². The van der Waals surface area contributed by atoms with Gasteiger partial charge in [0.25, 0.3) is 0 Å². The van der Waals surface area contributed by atoms with E-state index in [1.807, 2.05) is 0 Å². The Labute approximate surface area is 114 Å². The molecule has 0 bridgehead atoms. The molecule has 0 spiro atoms. The molecule has 100 valence electrons. The molecule has 3 aromatic rings. The van der Waals surface area contributed by atoms with Crippen LogP contribution in [0.4, 0.5) is 8.78 Å². The van der Waals surface area contributed by atoms with E-state index in [4.69, 9.17) is 0 Å². The second-order valence-electron chi connectivity index (χ2n) is 4.58. The van der Waals surface area contributed by atoms with Crippen LogP contribution in [0.3, 0.4) is 0 Å². The van der Waals surface area contributed by atoms with Crippen molar-refractivity contribution >= 4 is 16.7 Å². The zero-order valence-electron chi connectivity index (χ0n) is 10.5. The Bertz CT molecular complexity index is 792. The van der Waals surface area contributed by atoms with Gasteiger partial charge in [-0.05, 0) is 36.4 Å². The molecule has 2 aromatic carbocycles. The Hall–Kier alpha value is -2.49. The summed E-state index contributed by atoms with van der Waals surface area (Å²) in [5.41, 5.74) is 1.10. The molecule has 0 aliphatic rings. The first-order valence-corrected chi connectivity index (χ1v) is 6.17. The number of aromatic nitrogens is 1. The monoisotopic (exact) mass is 271 g/mol. The fourth-order valence-electron chi connectivity index (χ4n) is 2.22. The van der Waals surface area contributed by atoms with E-state index in [1.54, 1.807) is 29.0 Å². The largest absolute Gasteiger partial charge is 0.340 e. The lowest BCUT2D eigenvalue weighted by Gasteiger charge is -2.05. The van der Waals surface area contributed by atoms with Crippen LogP contribution in [0.5, 0.6) is 0 Å². The van der Waals surface area contributed by atoms with Crippen LogP contribution in [0, 0.1) is 11.6 Å². The van der Waals surface area contributed by atoms with Crippen LogP contribution in [0.2, 0.25) is 0 Å². The number of hydrogen-bond acceptors (Lipinski definition) is 1. The lowest BCUT2D eigenvalue weighted by Crippen LogP contribution is -2.09. The van der Waals surface area contributed by atoms with Crippen LogP contribution in [-0.2, 0) is 6.54 Å². The lowest BCUT2D eigenvalue weighted by atomic mass is 10.1. The molecule has 0 atom stereocenters. The van der Waals surface area contributed by atoms with E-state index in [9.17, 15) is 13.6 Å². The maximum absolute atomic E-state index is 13.1. The van der Waals surface area contributed by atoms with E-state index < -0.39 is 5.82 Å². The predicted molar refractivity (Wildman–Crippen MR) is 72.6 cm³/mol. The molecule has 0 amide bonds. The third-order valence-corrected chi connectivity index (χ3v) is 3.19. The van der Waals surface area contributed by atoms with Crippen LogP contribution in [-0.4, -0.2) is 10.4 Å². The first-order chi connectivity index (χ1) is 9.63. The molecule has 20 heavy (non-hydrogen) atoms. The number of nitrogens with zero attached hydrogens (tertiary/aromatic N) is 1. The van der Waals surface area contributed by atoms with Crippen molar-refractivity contribution in [1.82, 2.24) is 4.57 Å². The molecule has 3 rings (SSSR count). The molecule has 0 aliphatic heterocycles. The Morgan fingerprint density at radius 3 is 2.60 bits per heavy atom. The number of benzene rings is 2. The van der Waals surface area contributed by atoms with Gasteiger partial charge >= 0.3 is 0 Å². The summed E-state index contributed by atoms with van der Waals surface area (Å²) in [7, 11) is 0. The SMILES string of the molecule is O=C(Cn1ccc2cc(F)ccc21)c1cccc(F)c1. The number of halogens is 2. The van der Waals surface area contributed by atoms with Crippen molar-refractivity contribution in [3.8, 4) is 0 Å². The maximum Gasteiger partial charge on any atom is 0.182 e. The molecular weight excluding hydrogens is 260 g/mol. The van der Waals surface area contributed by atoms with Crippen LogP contribution in [0.1, 0.15) is 10.4 Å². The smallest absolute Gasteiger partial charge is 0.182 e. The van der Waals surface area contributed by atoms with E-state index in [0.29, 0.717) is 5.56 Å². The van der Waals surface area contributed by atoms with Gasteiger partial charge in [0.15, 0.2) is 5.78 Å². The molecule has 0 saturated heterocycles. The number of ketones is 1. The van der Waals surface area contributed by atoms with Gasteiger partial charge in [0.2, 0.25) is 0 Å². The summed E-state index contributed by atoms with van der Waals surface area (Å²) < 4.78 is 27.9. The van der Waals surface area contributed by atoms with E-state index in [2.05, 4.69) is 0 Å². The minimum absolute atomic E-state index is 0.0958. The highest BCUT2D eigenvalue weighted by atomic mass is 19.1. The molecule has 2 nitrogen and oxygen atoms in total. The third-order valence-electron chi connectivity index (χ3n) is 3.19. The average molecular weight is 271 g/mol. The Morgan fingerprint density at radius 1 is 1.00 bits per heavy atom. The van der Waals surface area contributed by atoms with Gasteiger partial charge in [0, 0.05) is 22.7 Å². The lowest BCUT2D eigenvalue weighted by molar-refractivity contribution is 0.0973. The summed E-state index contributed by atoms with van der Waals surface area (Å²) in [6, 6.07) is 11.7. The molecule has 0 N–H and O–H groups in total. The first kappa shape index (κ1) is 12.5. The molecule has 0 unspecified atom stereocenters. The summed E-state index contributed by atoms with van der Waals surface area (Å²) in [6.45, 7) is 0.0958. The molecule has 0 fully saturated rings. The highest BCUT2D eigenvalue weighted by Gasteiger charge is 2.10. The predicted octanol–water partition coefficient (Wildman–Crippen LogP) is 3.80.